The van der Waals surface area contributed by atoms with E-state index in [2.05, 4.69) is 27.0 Å². The van der Waals surface area contributed by atoms with Crippen LogP contribution in [0.1, 0.15) is 5.89 Å². The first-order valence-electron chi connectivity index (χ1n) is 1.36. The molecular weight excluding hydrogens is 82.0 g/mol. The third kappa shape index (κ3) is 0.357. The standard InChI is InChI=1S/C2H2N3O/c1-2-3-4-5-6-2/h1H2. The van der Waals surface area contributed by atoms with Gasteiger partial charge < -0.3 is 4.52 Å². The van der Waals surface area contributed by atoms with Crippen molar-refractivity contribution in [2.24, 2.45) is 0 Å². The van der Waals surface area contributed by atoms with Gasteiger partial charge in [0.05, 0.1) is 5.27 Å². The average Bonchev–Trinajstić information content (AvgIpc) is 1.86. The summed E-state index contributed by atoms with van der Waals surface area (Å²) in [7, 11) is 0. The van der Waals surface area contributed by atoms with Gasteiger partial charge in [-0.15, -0.1) is 0 Å². The van der Waals surface area contributed by atoms with E-state index in [0.29, 0.717) is 0 Å². The second kappa shape index (κ2) is 1.04. The van der Waals surface area contributed by atoms with E-state index in [4.69, 9.17) is 0 Å². The molecule has 1 rings (SSSR count). The Balaban J connectivity index is 3.05. The molecule has 0 fully saturated rings. The zero-order chi connectivity index (χ0) is 4.41. The van der Waals surface area contributed by atoms with Gasteiger partial charge in [0, 0.05) is 6.92 Å². The van der Waals surface area contributed by atoms with Crippen molar-refractivity contribution < 1.29 is 4.52 Å². The molecule has 0 saturated heterocycles. The Morgan fingerprint density at radius 2 is 2.50 bits per heavy atom. The van der Waals surface area contributed by atoms with Gasteiger partial charge in [0.15, 0.2) is 0 Å². The Morgan fingerprint density at radius 3 is 2.67 bits per heavy atom. The van der Waals surface area contributed by atoms with Crippen molar-refractivity contribution in [2.45, 2.75) is 0 Å². The topological polar surface area (TPSA) is 51.8 Å². The van der Waals surface area contributed by atoms with Gasteiger partial charge >= 0.3 is 0 Å². The Kier molecular flexibility index (Phi) is 0.567. The summed E-state index contributed by atoms with van der Waals surface area (Å²) >= 11 is 0. The van der Waals surface area contributed by atoms with Crippen LogP contribution in [0.25, 0.3) is 0 Å². The van der Waals surface area contributed by atoms with E-state index < -0.39 is 0 Å². The minimum atomic E-state index is 0.245. The van der Waals surface area contributed by atoms with E-state index in [9.17, 15) is 0 Å². The smallest absolute Gasteiger partial charge is 0.248 e. The molecule has 0 unspecified atom stereocenters. The summed E-state index contributed by atoms with van der Waals surface area (Å²) in [6, 6.07) is 0. The summed E-state index contributed by atoms with van der Waals surface area (Å²) in [4.78, 5) is 0. The zero-order valence-corrected chi connectivity index (χ0v) is 2.96. The van der Waals surface area contributed by atoms with Gasteiger partial charge in [-0.2, -0.15) is 0 Å². The van der Waals surface area contributed by atoms with Crippen LogP contribution in [-0.4, -0.2) is 15.6 Å². The maximum absolute atomic E-state index is 4.25. The lowest BCUT2D eigenvalue weighted by Gasteiger charge is -1.59. The highest BCUT2D eigenvalue weighted by Gasteiger charge is 1.82. The molecule has 0 aliphatic carbocycles. The van der Waals surface area contributed by atoms with Crippen LogP contribution in [0.4, 0.5) is 0 Å². The molecule has 1 radical (unpaired) electrons. The quantitative estimate of drug-likeness (QED) is 0.431. The molecule has 0 saturated carbocycles. The molecule has 31 valence electrons. The molecule has 1 aromatic heterocycles. The zero-order valence-electron chi connectivity index (χ0n) is 2.96. The highest BCUT2D eigenvalue weighted by Crippen LogP contribution is 1.77. The summed E-state index contributed by atoms with van der Waals surface area (Å²) < 4.78 is 4.25. The average molecular weight is 84.1 g/mol. The van der Waals surface area contributed by atoms with Crippen molar-refractivity contribution in [2.75, 3.05) is 0 Å². The van der Waals surface area contributed by atoms with E-state index in [-0.39, 0.29) is 5.89 Å². The number of rotatable bonds is 0. The molecule has 0 bridgehead atoms. The first-order valence-corrected chi connectivity index (χ1v) is 1.36. The van der Waals surface area contributed by atoms with Gasteiger partial charge in [-0.1, -0.05) is 5.10 Å². The fraction of sp³-hybridized carbons (Fsp3) is 0. The summed E-state index contributed by atoms with van der Waals surface area (Å²) in [6.45, 7) is 3.28. The van der Waals surface area contributed by atoms with E-state index in [0.717, 1.165) is 0 Å². The van der Waals surface area contributed by atoms with Crippen molar-refractivity contribution in [1.29, 1.82) is 0 Å². The van der Waals surface area contributed by atoms with Gasteiger partial charge in [0.2, 0.25) is 5.89 Å². The van der Waals surface area contributed by atoms with Crippen molar-refractivity contribution >= 4 is 0 Å². The molecule has 1 aromatic rings. The lowest BCUT2D eigenvalue weighted by Crippen LogP contribution is -1.66. The van der Waals surface area contributed by atoms with E-state index in [1.54, 1.807) is 0 Å². The Morgan fingerprint density at radius 1 is 1.67 bits per heavy atom. The molecular formula is C2H2N3O. The van der Waals surface area contributed by atoms with Crippen molar-refractivity contribution in [3.05, 3.63) is 12.8 Å². The predicted molar refractivity (Wildman–Crippen MR) is 16.6 cm³/mol. The summed E-state index contributed by atoms with van der Waals surface area (Å²) in [6.07, 6.45) is 0. The summed E-state index contributed by atoms with van der Waals surface area (Å²) in [5.74, 6) is 0.245. The number of hydrogen-bond acceptors (Lipinski definition) is 4. The predicted octanol–water partition coefficient (Wildman–Crippen LogP) is -0.353. The van der Waals surface area contributed by atoms with E-state index >= 15 is 0 Å². The Labute approximate surface area is 34.1 Å². The Bertz CT molecular complexity index is 112. The first kappa shape index (κ1) is 3.27. The SMILES string of the molecule is [CH2]c1nnno1. The minimum Gasteiger partial charge on any atom is -0.320 e. The van der Waals surface area contributed by atoms with E-state index in [1.165, 1.54) is 0 Å². The normalized spacial score (nSPS) is 8.83. The van der Waals surface area contributed by atoms with Crippen LogP contribution in [0, 0.1) is 6.92 Å². The molecule has 0 aliphatic heterocycles. The maximum Gasteiger partial charge on any atom is 0.248 e. The molecule has 0 spiro atoms. The van der Waals surface area contributed by atoms with Gasteiger partial charge in [-0.3, -0.25) is 0 Å². The maximum atomic E-state index is 4.25. The largest absolute Gasteiger partial charge is 0.320 e. The second-order valence-corrected chi connectivity index (χ2v) is 0.756. The molecule has 4 heteroatoms. The van der Waals surface area contributed by atoms with Crippen LogP contribution < -0.4 is 0 Å². The highest BCUT2D eigenvalue weighted by molar-refractivity contribution is 4.71. The highest BCUT2D eigenvalue weighted by atomic mass is 16.5. The van der Waals surface area contributed by atoms with Crippen LogP contribution in [0.3, 0.4) is 0 Å². The Hall–Kier alpha value is -0.930. The van der Waals surface area contributed by atoms with Crippen LogP contribution in [0.5, 0.6) is 0 Å². The summed E-state index contributed by atoms with van der Waals surface area (Å²) in [5, 5.41) is 9.39. The fourth-order valence-electron chi connectivity index (χ4n) is 0.152. The molecule has 0 N–H and O–H groups in total. The summed E-state index contributed by atoms with van der Waals surface area (Å²) in [5.41, 5.74) is 0. The fourth-order valence-corrected chi connectivity index (χ4v) is 0.152. The van der Waals surface area contributed by atoms with Gasteiger partial charge in [0.25, 0.3) is 0 Å². The van der Waals surface area contributed by atoms with E-state index in [1.807, 2.05) is 0 Å². The van der Waals surface area contributed by atoms with Crippen LogP contribution in [0.15, 0.2) is 4.52 Å². The third-order valence-corrected chi connectivity index (χ3v) is 0.339. The minimum absolute atomic E-state index is 0.245. The monoisotopic (exact) mass is 84.0 g/mol. The number of nitrogens with zero attached hydrogens (tertiary/aromatic N) is 3. The molecule has 4 nitrogen and oxygen atoms in total. The van der Waals surface area contributed by atoms with Crippen LogP contribution >= 0.6 is 0 Å². The lowest BCUT2D eigenvalue weighted by molar-refractivity contribution is 0.381. The van der Waals surface area contributed by atoms with Gasteiger partial charge in [-0.05, 0) is 5.21 Å². The molecule has 6 heavy (non-hydrogen) atoms. The molecule has 1 heterocycles. The lowest BCUT2D eigenvalue weighted by atomic mass is 10.8. The van der Waals surface area contributed by atoms with Crippen LogP contribution in [-0.2, 0) is 0 Å². The molecule has 0 atom stereocenters. The molecule has 0 aliphatic rings. The van der Waals surface area contributed by atoms with Gasteiger partial charge in [0.1, 0.15) is 0 Å². The van der Waals surface area contributed by atoms with Crippen LogP contribution in [0.2, 0.25) is 0 Å². The number of hydrogen-bond donors (Lipinski definition) is 0. The molecule has 0 amide bonds. The second-order valence-electron chi connectivity index (χ2n) is 0.756. The molecule has 0 aromatic carbocycles. The van der Waals surface area contributed by atoms with Crippen molar-refractivity contribution in [3.63, 3.8) is 0 Å². The number of aromatic nitrogens is 3. The van der Waals surface area contributed by atoms with Crippen molar-refractivity contribution in [3.8, 4) is 0 Å². The third-order valence-electron chi connectivity index (χ3n) is 0.339. The van der Waals surface area contributed by atoms with Gasteiger partial charge in [-0.25, -0.2) is 0 Å². The van der Waals surface area contributed by atoms with Crippen molar-refractivity contribution in [1.82, 2.24) is 15.6 Å². The first-order chi connectivity index (χ1) is 2.89.